The molecule has 2 amide bonds. The van der Waals surface area contributed by atoms with Crippen LogP contribution in [0.1, 0.15) is 63.4 Å². The molecule has 234 valence electrons. The number of aryl methyl sites for hydroxylation is 1. The zero-order valence-corrected chi connectivity index (χ0v) is 26.0. The van der Waals surface area contributed by atoms with Crippen molar-refractivity contribution in [3.8, 4) is 11.6 Å². The number of aromatic nitrogens is 2. The third-order valence-corrected chi connectivity index (χ3v) is 8.26. The fourth-order valence-corrected chi connectivity index (χ4v) is 6.02. The van der Waals surface area contributed by atoms with Crippen LogP contribution in [0.5, 0.6) is 11.6 Å². The van der Waals surface area contributed by atoms with Crippen LogP contribution in [0.15, 0.2) is 79.0 Å². The Morgan fingerprint density at radius 1 is 0.978 bits per heavy atom. The highest BCUT2D eigenvalue weighted by molar-refractivity contribution is 7.92. The number of benzene rings is 2. The normalized spacial score (nSPS) is 14.1. The zero-order chi connectivity index (χ0) is 32.0. The molecule has 4 aromatic rings. The summed E-state index contributed by atoms with van der Waals surface area (Å²) >= 11 is 0. The Kier molecular flexibility index (Phi) is 9.74. The number of carbonyl (C=O) groups excluding carboxylic acids is 2. The van der Waals surface area contributed by atoms with E-state index in [-0.39, 0.29) is 17.5 Å². The first kappa shape index (κ1) is 31.6. The largest absolute Gasteiger partial charge is 0.439 e. The number of pyridine rings is 2. The van der Waals surface area contributed by atoms with Crippen molar-refractivity contribution in [3.63, 3.8) is 0 Å². The second-order valence-corrected chi connectivity index (χ2v) is 12.7. The molecule has 4 N–H and O–H groups in total. The van der Waals surface area contributed by atoms with Gasteiger partial charge >= 0.3 is 0 Å². The summed E-state index contributed by atoms with van der Waals surface area (Å²) in [6.45, 7) is 4.60. The number of nitrogens with one attached hydrogen (secondary N) is 2. The summed E-state index contributed by atoms with van der Waals surface area (Å²) in [5, 5.41) is 2.88. The van der Waals surface area contributed by atoms with Crippen molar-refractivity contribution in [2.24, 2.45) is 5.73 Å². The first-order valence-corrected chi connectivity index (χ1v) is 16.6. The van der Waals surface area contributed by atoms with Gasteiger partial charge in [0.25, 0.3) is 11.8 Å². The molecule has 0 bridgehead atoms. The predicted octanol–water partition coefficient (Wildman–Crippen LogP) is 4.93. The zero-order valence-electron chi connectivity index (χ0n) is 25.2. The molecular weight excluding hydrogens is 592 g/mol. The van der Waals surface area contributed by atoms with Gasteiger partial charge in [0.2, 0.25) is 15.9 Å². The number of ether oxygens (including phenoxy) is 1. The van der Waals surface area contributed by atoms with Gasteiger partial charge in [0.1, 0.15) is 11.4 Å². The maximum atomic E-state index is 13.2. The Morgan fingerprint density at radius 3 is 2.33 bits per heavy atom. The lowest BCUT2D eigenvalue weighted by Gasteiger charge is -2.33. The molecule has 1 aliphatic rings. The summed E-state index contributed by atoms with van der Waals surface area (Å²) in [5.74, 6) is 0.447. The van der Waals surface area contributed by atoms with E-state index in [2.05, 4.69) is 32.9 Å². The smallest absolute Gasteiger partial charge is 0.267 e. The summed E-state index contributed by atoms with van der Waals surface area (Å²) < 4.78 is 31.2. The molecule has 11 nitrogen and oxygen atoms in total. The Morgan fingerprint density at radius 2 is 1.69 bits per heavy atom. The van der Waals surface area contributed by atoms with Crippen molar-refractivity contribution in [3.05, 3.63) is 107 Å². The molecule has 0 unspecified atom stereocenters. The minimum absolute atomic E-state index is 0.139. The first-order valence-electron chi connectivity index (χ1n) is 14.7. The lowest BCUT2D eigenvalue weighted by Crippen LogP contribution is -2.33. The van der Waals surface area contributed by atoms with E-state index in [0.717, 1.165) is 62.0 Å². The number of hydrogen-bond acceptors (Lipinski definition) is 8. The number of sulfonamides is 1. The van der Waals surface area contributed by atoms with Gasteiger partial charge in [-0.2, -0.15) is 0 Å². The lowest BCUT2D eigenvalue weighted by molar-refractivity contribution is 0.0994. The molecule has 0 saturated carbocycles. The van der Waals surface area contributed by atoms with Crippen molar-refractivity contribution in [2.45, 2.75) is 38.6 Å². The second-order valence-electron chi connectivity index (χ2n) is 11.0. The van der Waals surface area contributed by atoms with Crippen LogP contribution in [0, 0.1) is 0 Å². The molecule has 5 rings (SSSR count). The Balaban J connectivity index is 1.18. The molecule has 12 heteroatoms. The number of carbonyl (C=O) groups is 2. The third kappa shape index (κ3) is 8.43. The van der Waals surface area contributed by atoms with Crippen LogP contribution in [-0.4, -0.2) is 54.4 Å². The van der Waals surface area contributed by atoms with Crippen LogP contribution in [0.25, 0.3) is 0 Å². The van der Waals surface area contributed by atoms with Gasteiger partial charge in [0.15, 0.2) is 0 Å². The van der Waals surface area contributed by atoms with Gasteiger partial charge in [0, 0.05) is 29.6 Å². The van der Waals surface area contributed by atoms with Crippen molar-refractivity contribution in [2.75, 3.05) is 29.4 Å². The van der Waals surface area contributed by atoms with Gasteiger partial charge < -0.3 is 15.8 Å². The summed E-state index contributed by atoms with van der Waals surface area (Å²) in [6, 6.07) is 21.4. The Hall–Kier alpha value is -4.81. The van der Waals surface area contributed by atoms with Crippen molar-refractivity contribution >= 4 is 33.2 Å². The molecule has 1 saturated heterocycles. The van der Waals surface area contributed by atoms with Gasteiger partial charge in [-0.3, -0.25) is 19.2 Å². The number of rotatable bonds is 11. The van der Waals surface area contributed by atoms with E-state index in [1.54, 1.807) is 30.3 Å². The second kappa shape index (κ2) is 13.9. The molecule has 1 aliphatic heterocycles. The number of nitrogens with zero attached hydrogens (tertiary/aromatic N) is 3. The molecular formula is C33H36N6O5S. The molecule has 3 heterocycles. The number of piperidine rings is 1. The Bertz CT molecular complexity index is 1770. The standard InChI is InChI=1S/C33H36N6O5S/c1-3-29-23(8-15-31(37-29)44-26-12-9-24(10-13-26)38-45(2,42)43)21-39-18-16-22(17-19-39)27-6-4-5-7-28(27)33(41)36-25-11-14-30(32(34)40)35-20-25/h4-15,20,22,38H,3,16-19,21H2,1-2H3,(H2,34,40)(H,36,41). The van der Waals surface area contributed by atoms with Gasteiger partial charge in [-0.15, -0.1) is 0 Å². The fourth-order valence-electron chi connectivity index (χ4n) is 5.46. The topological polar surface area (TPSA) is 157 Å². The average Bonchev–Trinajstić information content (AvgIpc) is 3.02. The molecule has 45 heavy (non-hydrogen) atoms. The predicted molar refractivity (Wildman–Crippen MR) is 173 cm³/mol. The molecule has 2 aromatic carbocycles. The van der Waals surface area contributed by atoms with Gasteiger partial charge in [-0.05, 0) is 91.9 Å². The number of primary amides is 1. The van der Waals surface area contributed by atoms with Gasteiger partial charge in [-0.25, -0.2) is 18.4 Å². The SMILES string of the molecule is CCc1nc(Oc2ccc(NS(C)(=O)=O)cc2)ccc1CN1CCC(c2ccccc2C(=O)Nc2ccc(C(N)=O)nc2)CC1. The number of nitrogens with two attached hydrogens (primary N) is 1. The highest BCUT2D eigenvalue weighted by Gasteiger charge is 2.25. The maximum Gasteiger partial charge on any atom is 0.267 e. The van der Waals surface area contributed by atoms with E-state index in [1.807, 2.05) is 30.3 Å². The number of anilines is 2. The van der Waals surface area contributed by atoms with E-state index >= 15 is 0 Å². The maximum absolute atomic E-state index is 13.2. The van der Waals surface area contributed by atoms with Crippen LogP contribution in [0.4, 0.5) is 11.4 Å². The molecule has 2 aromatic heterocycles. The average molecular weight is 629 g/mol. The minimum atomic E-state index is -3.35. The summed E-state index contributed by atoms with van der Waals surface area (Å²) in [6.07, 6.45) is 5.12. The van der Waals surface area contributed by atoms with E-state index in [1.165, 1.54) is 12.3 Å². The molecule has 0 radical (unpaired) electrons. The van der Waals surface area contributed by atoms with Crippen LogP contribution in [0.2, 0.25) is 0 Å². The highest BCUT2D eigenvalue weighted by Crippen LogP contribution is 2.32. The van der Waals surface area contributed by atoms with Crippen LogP contribution in [0.3, 0.4) is 0 Å². The molecule has 0 spiro atoms. The third-order valence-electron chi connectivity index (χ3n) is 7.66. The number of likely N-dealkylation sites (tertiary alicyclic amines) is 1. The van der Waals surface area contributed by atoms with Crippen LogP contribution >= 0.6 is 0 Å². The van der Waals surface area contributed by atoms with Crippen LogP contribution in [-0.2, 0) is 23.0 Å². The highest BCUT2D eigenvalue weighted by atomic mass is 32.2. The quantitative estimate of drug-likeness (QED) is 0.211. The minimum Gasteiger partial charge on any atom is -0.439 e. The molecule has 0 atom stereocenters. The number of amides is 2. The van der Waals surface area contributed by atoms with Crippen molar-refractivity contribution in [1.29, 1.82) is 0 Å². The van der Waals surface area contributed by atoms with Gasteiger partial charge in [0.05, 0.1) is 18.1 Å². The molecule has 0 aliphatic carbocycles. The monoisotopic (exact) mass is 628 g/mol. The van der Waals surface area contributed by atoms with Gasteiger partial charge in [-0.1, -0.05) is 31.2 Å². The fraction of sp³-hybridized carbons (Fsp3) is 0.273. The van der Waals surface area contributed by atoms with E-state index in [0.29, 0.717) is 28.6 Å². The first-order chi connectivity index (χ1) is 21.6. The van der Waals surface area contributed by atoms with E-state index in [9.17, 15) is 18.0 Å². The molecule has 1 fully saturated rings. The van der Waals surface area contributed by atoms with Crippen molar-refractivity contribution in [1.82, 2.24) is 14.9 Å². The lowest BCUT2D eigenvalue weighted by atomic mass is 9.86. The van der Waals surface area contributed by atoms with Crippen LogP contribution < -0.4 is 20.5 Å². The van der Waals surface area contributed by atoms with E-state index in [4.69, 9.17) is 15.5 Å². The summed E-state index contributed by atoms with van der Waals surface area (Å²) in [5.41, 5.74) is 10.1. The summed E-state index contributed by atoms with van der Waals surface area (Å²) in [4.78, 5) is 35.6. The van der Waals surface area contributed by atoms with Crippen molar-refractivity contribution < 1.29 is 22.7 Å². The van der Waals surface area contributed by atoms with E-state index < -0.39 is 15.9 Å². The number of hydrogen-bond donors (Lipinski definition) is 3. The summed E-state index contributed by atoms with van der Waals surface area (Å²) in [7, 11) is -3.35. The Labute approximate surface area is 262 Å².